The van der Waals surface area contributed by atoms with Crippen molar-refractivity contribution in [3.63, 3.8) is 0 Å². The van der Waals surface area contributed by atoms with Crippen LogP contribution in [0.5, 0.6) is 0 Å². The normalized spacial score (nSPS) is 29.6. The molecule has 7 atom stereocenters. The van der Waals surface area contributed by atoms with Crippen LogP contribution in [0, 0.1) is 41.3 Å². The fourth-order valence-electron chi connectivity index (χ4n) is 6.56. The van der Waals surface area contributed by atoms with Crippen molar-refractivity contribution in [2.75, 3.05) is 5.88 Å². The van der Waals surface area contributed by atoms with E-state index in [1.165, 1.54) is 24.3 Å². The highest BCUT2D eigenvalue weighted by Crippen LogP contribution is 2.65. The summed E-state index contributed by atoms with van der Waals surface area (Å²) < 4.78 is 13.6. The van der Waals surface area contributed by atoms with Crippen molar-refractivity contribution in [1.29, 1.82) is 0 Å². The number of allylic oxidation sites excluding steroid dienone is 2. The summed E-state index contributed by atoms with van der Waals surface area (Å²) >= 11 is 12.4. The summed E-state index contributed by atoms with van der Waals surface area (Å²) in [4.78, 5) is 55.6. The highest BCUT2D eigenvalue weighted by atomic mass is 35.5. The van der Waals surface area contributed by atoms with Gasteiger partial charge in [-0.05, 0) is 72.9 Å². The van der Waals surface area contributed by atoms with Crippen LogP contribution < -0.4 is 0 Å². The highest BCUT2D eigenvalue weighted by molar-refractivity contribution is 6.34. The van der Waals surface area contributed by atoms with Crippen molar-refractivity contribution in [3.8, 4) is 0 Å². The van der Waals surface area contributed by atoms with Gasteiger partial charge in [-0.15, -0.1) is 11.6 Å². The number of rotatable bonds is 7. The van der Waals surface area contributed by atoms with E-state index in [1.807, 2.05) is 12.2 Å². The molecule has 1 heterocycles. The van der Waals surface area contributed by atoms with Gasteiger partial charge in [0, 0.05) is 11.4 Å². The van der Waals surface area contributed by atoms with Crippen LogP contribution in [0.3, 0.4) is 0 Å². The molecule has 2 aromatic carbocycles. The minimum Gasteiger partial charge on any atom is -0.292 e. The molecule has 4 aliphatic carbocycles. The van der Waals surface area contributed by atoms with E-state index < -0.39 is 47.2 Å². The third kappa shape index (κ3) is 3.74. The first kappa shape index (κ1) is 24.3. The Morgan fingerprint density at radius 1 is 0.973 bits per heavy atom. The topological polar surface area (TPSA) is 74.8 Å². The zero-order valence-corrected chi connectivity index (χ0v) is 21.1. The Morgan fingerprint density at radius 3 is 2.14 bits per heavy atom. The lowest BCUT2D eigenvalue weighted by Gasteiger charge is -2.37. The molecule has 0 N–H and O–H groups in total. The van der Waals surface area contributed by atoms with Gasteiger partial charge in [-0.1, -0.05) is 35.9 Å². The Hall–Kier alpha value is -3.03. The van der Waals surface area contributed by atoms with Crippen LogP contribution in [0.15, 0.2) is 60.7 Å². The smallest absolute Gasteiger partial charge is 0.275 e. The molecule has 7 rings (SSSR count). The second-order valence-corrected chi connectivity index (χ2v) is 10.9. The molecule has 3 fully saturated rings. The van der Waals surface area contributed by atoms with Gasteiger partial charge < -0.3 is 0 Å². The quantitative estimate of drug-likeness (QED) is 0.219. The van der Waals surface area contributed by atoms with E-state index in [1.54, 1.807) is 12.1 Å². The van der Waals surface area contributed by atoms with Crippen LogP contribution in [-0.2, 0) is 9.59 Å². The largest absolute Gasteiger partial charge is 0.292 e. The predicted molar refractivity (Wildman–Crippen MR) is 134 cm³/mol. The van der Waals surface area contributed by atoms with E-state index in [9.17, 15) is 23.6 Å². The van der Waals surface area contributed by atoms with Gasteiger partial charge in [0.2, 0.25) is 0 Å². The summed E-state index contributed by atoms with van der Waals surface area (Å²) in [6.45, 7) is 0. The lowest BCUT2D eigenvalue weighted by molar-refractivity contribution is -0.157. The molecule has 37 heavy (non-hydrogen) atoms. The standard InChI is InChI=1S/C28H23Cl2FN2O4/c29-12-11-22(25(34)14-5-7-15(31)8-6-14)32(26(35)18-3-1-2-4-21(18)30)33-27(36)23-16-9-10-17(20-13-19(16)20)24(23)28(33)37/h1-10,16-17,19-20,22-24H,11-13H2/t16-,17-,19-,20-,22-,23-,24+/m0/s1. The third-order valence-electron chi connectivity index (χ3n) is 8.28. The number of hydrogen-bond acceptors (Lipinski definition) is 4. The van der Waals surface area contributed by atoms with Crippen LogP contribution in [0.2, 0.25) is 5.02 Å². The number of halogens is 3. The van der Waals surface area contributed by atoms with Crippen LogP contribution in [0.1, 0.15) is 33.6 Å². The Morgan fingerprint density at radius 2 is 1.57 bits per heavy atom. The Balaban J connectivity index is 1.45. The summed E-state index contributed by atoms with van der Waals surface area (Å²) in [7, 11) is 0. The second kappa shape index (κ2) is 9.07. The molecule has 1 saturated heterocycles. The van der Waals surface area contributed by atoms with Gasteiger partial charge in [0.1, 0.15) is 11.9 Å². The number of ketones is 1. The van der Waals surface area contributed by atoms with E-state index in [2.05, 4.69) is 0 Å². The molecule has 2 saturated carbocycles. The van der Waals surface area contributed by atoms with E-state index in [-0.39, 0.29) is 40.3 Å². The molecule has 6 nitrogen and oxygen atoms in total. The van der Waals surface area contributed by atoms with E-state index in [4.69, 9.17) is 23.2 Å². The zero-order valence-electron chi connectivity index (χ0n) is 19.6. The van der Waals surface area contributed by atoms with Crippen molar-refractivity contribution in [2.45, 2.75) is 18.9 Å². The number of Topliss-reactive ketones (excluding diaryl/α,β-unsaturated/α-hetero) is 1. The van der Waals surface area contributed by atoms with Crippen molar-refractivity contribution in [2.24, 2.45) is 35.5 Å². The minimum atomic E-state index is -1.28. The number of amides is 3. The molecule has 1 aliphatic heterocycles. The van der Waals surface area contributed by atoms with E-state index in [0.717, 1.165) is 28.6 Å². The average Bonchev–Trinajstić information content (AvgIpc) is 3.68. The monoisotopic (exact) mass is 540 g/mol. The number of nitrogens with zero attached hydrogens (tertiary/aromatic N) is 2. The average molecular weight is 541 g/mol. The number of hydrazine groups is 1. The first-order valence-electron chi connectivity index (χ1n) is 12.3. The number of benzene rings is 2. The molecular formula is C28H23Cl2FN2O4. The maximum Gasteiger partial charge on any atom is 0.275 e. The summed E-state index contributed by atoms with van der Waals surface area (Å²) in [5, 5.41) is 1.97. The molecule has 5 aliphatic rings. The van der Waals surface area contributed by atoms with Gasteiger partial charge in [-0.3, -0.25) is 19.2 Å². The molecule has 190 valence electrons. The molecule has 0 spiro atoms. The molecule has 3 amide bonds. The van der Waals surface area contributed by atoms with Gasteiger partial charge in [-0.2, -0.15) is 5.01 Å². The molecule has 2 aromatic rings. The Bertz CT molecular complexity index is 1310. The van der Waals surface area contributed by atoms with Gasteiger partial charge in [0.15, 0.2) is 5.78 Å². The van der Waals surface area contributed by atoms with Crippen LogP contribution in [-0.4, -0.2) is 45.4 Å². The predicted octanol–water partition coefficient (Wildman–Crippen LogP) is 4.77. The molecule has 0 unspecified atom stereocenters. The van der Waals surface area contributed by atoms with Gasteiger partial charge in [0.25, 0.3) is 17.7 Å². The van der Waals surface area contributed by atoms with Crippen molar-refractivity contribution < 1.29 is 23.6 Å². The number of alkyl halides is 1. The lowest BCUT2D eigenvalue weighted by atomic mass is 9.63. The first-order chi connectivity index (χ1) is 17.8. The highest BCUT2D eigenvalue weighted by Gasteiger charge is 2.68. The van der Waals surface area contributed by atoms with Gasteiger partial charge in [0.05, 0.1) is 22.4 Å². The second-order valence-electron chi connectivity index (χ2n) is 10.1. The van der Waals surface area contributed by atoms with Crippen molar-refractivity contribution in [1.82, 2.24) is 10.0 Å². The zero-order chi connectivity index (χ0) is 26.0. The Kier molecular flexibility index (Phi) is 5.96. The summed E-state index contributed by atoms with van der Waals surface area (Å²) in [6, 6.07) is 9.89. The molecule has 0 aromatic heterocycles. The number of hydrogen-bond donors (Lipinski definition) is 0. The third-order valence-corrected chi connectivity index (χ3v) is 8.82. The van der Waals surface area contributed by atoms with Crippen LogP contribution >= 0.6 is 23.2 Å². The van der Waals surface area contributed by atoms with Gasteiger partial charge in [-0.25, -0.2) is 9.40 Å². The molecule has 9 heteroatoms. The molecule has 2 bridgehead atoms. The number of carbonyl (C=O) groups excluding carboxylic acids is 4. The van der Waals surface area contributed by atoms with E-state index >= 15 is 0 Å². The van der Waals surface area contributed by atoms with Crippen LogP contribution in [0.4, 0.5) is 4.39 Å². The number of imide groups is 1. The Labute approximate surface area is 223 Å². The maximum absolute atomic E-state index is 14.0. The van der Waals surface area contributed by atoms with E-state index in [0.29, 0.717) is 11.8 Å². The number of carbonyl (C=O) groups is 4. The molecule has 0 radical (unpaired) electrons. The first-order valence-corrected chi connectivity index (χ1v) is 13.2. The molecular weight excluding hydrogens is 518 g/mol. The summed E-state index contributed by atoms with van der Waals surface area (Å²) in [6.07, 6.45) is 5.04. The van der Waals surface area contributed by atoms with Crippen LogP contribution in [0.25, 0.3) is 0 Å². The minimum absolute atomic E-state index is 0.0239. The summed E-state index contributed by atoms with van der Waals surface area (Å²) in [5.74, 6) is -3.30. The maximum atomic E-state index is 14.0. The van der Waals surface area contributed by atoms with Crippen molar-refractivity contribution in [3.05, 3.63) is 82.6 Å². The summed E-state index contributed by atoms with van der Waals surface area (Å²) in [5.41, 5.74) is 0.183. The fraction of sp³-hybridized carbons (Fsp3) is 0.357. The fourth-order valence-corrected chi connectivity index (χ4v) is 6.98. The van der Waals surface area contributed by atoms with Crippen molar-refractivity contribution >= 4 is 46.7 Å². The lowest BCUT2D eigenvalue weighted by Crippen LogP contribution is -2.57. The van der Waals surface area contributed by atoms with Gasteiger partial charge >= 0.3 is 0 Å². The SMILES string of the molecule is O=C(c1ccc(F)cc1)[C@H](CCCl)N(C(=O)c1ccccc1Cl)N1C(=O)[C@@H]2[C@H]3C=C[C@@H]([C@@H]4C[C@@H]34)[C@@H]2C1=O.